The quantitative estimate of drug-likeness (QED) is 0.445. The molecule has 0 aliphatic rings. The Kier molecular flexibility index (Phi) is 3.10. The van der Waals surface area contributed by atoms with E-state index in [2.05, 4.69) is 36.4 Å². The Morgan fingerprint density at radius 1 is 0.680 bits per heavy atom. The molecule has 0 atom stereocenters. The van der Waals surface area contributed by atoms with E-state index < -0.39 is 0 Å². The topological polar surface area (TPSA) is 30.7 Å². The van der Waals surface area contributed by atoms with E-state index in [1.165, 1.54) is 0 Å². The number of hydrogen-bond donors (Lipinski definition) is 0. The maximum atomic E-state index is 4.92. The first kappa shape index (κ1) is 13.9. The molecule has 0 aliphatic heterocycles. The summed E-state index contributed by atoms with van der Waals surface area (Å²) in [6.45, 7) is 0. The van der Waals surface area contributed by atoms with Gasteiger partial charge in [0.1, 0.15) is 11.2 Å². The van der Waals surface area contributed by atoms with Gasteiger partial charge in [-0.2, -0.15) is 5.10 Å². The molecule has 0 bridgehead atoms. The van der Waals surface area contributed by atoms with Gasteiger partial charge in [0.15, 0.2) is 0 Å². The first-order valence-corrected chi connectivity index (χ1v) is 8.29. The number of benzene rings is 3. The van der Waals surface area contributed by atoms with Crippen molar-refractivity contribution < 1.29 is 0 Å². The van der Waals surface area contributed by atoms with Gasteiger partial charge in [-0.25, -0.2) is 9.67 Å². The number of rotatable bonds is 2. The Morgan fingerprint density at radius 2 is 1.36 bits per heavy atom. The van der Waals surface area contributed by atoms with Crippen molar-refractivity contribution in [3.05, 3.63) is 91.0 Å². The molecule has 0 fully saturated rings. The van der Waals surface area contributed by atoms with Crippen molar-refractivity contribution in [2.24, 2.45) is 0 Å². The van der Waals surface area contributed by atoms with E-state index in [0.29, 0.717) is 0 Å². The molecule has 2 heterocycles. The van der Waals surface area contributed by atoms with Crippen molar-refractivity contribution >= 4 is 21.9 Å². The third-order valence-electron chi connectivity index (χ3n) is 4.40. The Bertz CT molecular complexity index is 1080. The second-order valence-corrected chi connectivity index (χ2v) is 6.01. The highest BCUT2D eigenvalue weighted by atomic mass is 15.3. The van der Waals surface area contributed by atoms with Crippen LogP contribution in [0.3, 0.4) is 0 Å². The lowest BCUT2D eigenvalue weighted by molar-refractivity contribution is 0.915. The van der Waals surface area contributed by atoms with Gasteiger partial charge in [0.25, 0.3) is 0 Å². The second-order valence-electron chi connectivity index (χ2n) is 6.01. The molecule has 3 nitrogen and oxygen atoms in total. The van der Waals surface area contributed by atoms with Crippen LogP contribution >= 0.6 is 0 Å². The summed E-state index contributed by atoms with van der Waals surface area (Å²) in [5.74, 6) is 0. The minimum Gasteiger partial charge on any atom is -0.244 e. The Balaban J connectivity index is 1.89. The molecule has 3 aromatic carbocycles. The van der Waals surface area contributed by atoms with E-state index in [9.17, 15) is 0 Å². The molecule has 118 valence electrons. The standard InChI is InChI=1S/C22H15N3/c1-3-9-16(10-4-1)21-22-20(15-17-11-7-8-14-19(17)23-22)25(24-21)18-12-5-2-6-13-18/h1-15H. The number of aromatic nitrogens is 3. The lowest BCUT2D eigenvalue weighted by atomic mass is 10.1. The third-order valence-corrected chi connectivity index (χ3v) is 4.40. The molecule has 25 heavy (non-hydrogen) atoms. The van der Waals surface area contributed by atoms with E-state index in [0.717, 1.165) is 38.9 Å². The van der Waals surface area contributed by atoms with E-state index in [1.54, 1.807) is 0 Å². The molecule has 2 aromatic heterocycles. The van der Waals surface area contributed by atoms with Gasteiger partial charge in [0, 0.05) is 10.9 Å². The van der Waals surface area contributed by atoms with Crippen molar-refractivity contribution in [2.45, 2.75) is 0 Å². The molecule has 0 spiro atoms. The predicted molar refractivity (Wildman–Crippen MR) is 102 cm³/mol. The lowest BCUT2D eigenvalue weighted by Gasteiger charge is -2.03. The summed E-state index contributed by atoms with van der Waals surface area (Å²) in [6, 6.07) is 30.8. The third kappa shape index (κ3) is 2.29. The predicted octanol–water partition coefficient (Wildman–Crippen LogP) is 5.24. The van der Waals surface area contributed by atoms with Crippen molar-refractivity contribution in [1.82, 2.24) is 14.8 Å². The molecule has 5 aromatic rings. The summed E-state index contributed by atoms with van der Waals surface area (Å²) in [5.41, 5.74) is 5.94. The van der Waals surface area contributed by atoms with Gasteiger partial charge in [-0.05, 0) is 24.3 Å². The molecule has 0 radical (unpaired) electrons. The van der Waals surface area contributed by atoms with Crippen LogP contribution in [0.15, 0.2) is 91.0 Å². The SMILES string of the molecule is c1ccc(-c2nn(-c3ccccc3)c3cc4ccccc4nc23)cc1. The minimum absolute atomic E-state index is 0.908. The zero-order valence-electron chi connectivity index (χ0n) is 13.5. The van der Waals surface area contributed by atoms with Crippen molar-refractivity contribution in [3.63, 3.8) is 0 Å². The van der Waals surface area contributed by atoms with E-state index >= 15 is 0 Å². The van der Waals surface area contributed by atoms with Crippen LogP contribution in [0.1, 0.15) is 0 Å². The van der Waals surface area contributed by atoms with Crippen LogP contribution < -0.4 is 0 Å². The molecule has 0 aliphatic carbocycles. The van der Waals surface area contributed by atoms with Crippen molar-refractivity contribution in [2.75, 3.05) is 0 Å². The summed E-state index contributed by atoms with van der Waals surface area (Å²) >= 11 is 0. The maximum absolute atomic E-state index is 4.92. The zero-order chi connectivity index (χ0) is 16.6. The number of fused-ring (bicyclic) bond motifs is 2. The minimum atomic E-state index is 0.908. The van der Waals surface area contributed by atoms with Crippen molar-refractivity contribution in [3.8, 4) is 16.9 Å². The van der Waals surface area contributed by atoms with Gasteiger partial charge in [-0.3, -0.25) is 0 Å². The first-order chi connectivity index (χ1) is 12.4. The normalized spacial score (nSPS) is 11.2. The van der Waals surface area contributed by atoms with Gasteiger partial charge < -0.3 is 0 Å². The lowest BCUT2D eigenvalue weighted by Crippen LogP contribution is -1.96. The largest absolute Gasteiger partial charge is 0.244 e. The second kappa shape index (κ2) is 5.56. The molecule has 3 heteroatoms. The average molecular weight is 321 g/mol. The summed E-state index contributed by atoms with van der Waals surface area (Å²) < 4.78 is 1.98. The van der Waals surface area contributed by atoms with Crippen LogP contribution in [-0.2, 0) is 0 Å². The van der Waals surface area contributed by atoms with Gasteiger partial charge in [-0.15, -0.1) is 0 Å². The fourth-order valence-electron chi connectivity index (χ4n) is 3.20. The highest BCUT2D eigenvalue weighted by Crippen LogP contribution is 2.30. The van der Waals surface area contributed by atoms with Gasteiger partial charge in [0.05, 0.1) is 16.7 Å². The van der Waals surface area contributed by atoms with Crippen molar-refractivity contribution in [1.29, 1.82) is 0 Å². The molecule has 0 saturated carbocycles. The molecular weight excluding hydrogens is 306 g/mol. The zero-order valence-corrected chi connectivity index (χ0v) is 13.5. The molecule has 0 N–H and O–H groups in total. The Labute approximate surface area is 145 Å². The smallest absolute Gasteiger partial charge is 0.119 e. The summed E-state index contributed by atoms with van der Waals surface area (Å²) in [6.07, 6.45) is 0. The monoisotopic (exact) mass is 321 g/mol. The highest BCUT2D eigenvalue weighted by Gasteiger charge is 2.15. The summed E-state index contributed by atoms with van der Waals surface area (Å²) in [7, 11) is 0. The van der Waals surface area contributed by atoms with E-state index in [-0.39, 0.29) is 0 Å². The van der Waals surface area contributed by atoms with E-state index in [1.807, 2.05) is 59.3 Å². The van der Waals surface area contributed by atoms with Crippen LogP contribution in [-0.4, -0.2) is 14.8 Å². The van der Waals surface area contributed by atoms with Crippen LogP contribution in [0.25, 0.3) is 38.9 Å². The molecule has 0 unspecified atom stereocenters. The van der Waals surface area contributed by atoms with Crippen LogP contribution in [0.2, 0.25) is 0 Å². The van der Waals surface area contributed by atoms with Crippen LogP contribution in [0.4, 0.5) is 0 Å². The maximum Gasteiger partial charge on any atom is 0.119 e. The molecule has 5 rings (SSSR count). The fourth-order valence-corrected chi connectivity index (χ4v) is 3.20. The van der Waals surface area contributed by atoms with Gasteiger partial charge >= 0.3 is 0 Å². The summed E-state index contributed by atoms with van der Waals surface area (Å²) in [5, 5.41) is 6.02. The van der Waals surface area contributed by atoms with Gasteiger partial charge in [0.2, 0.25) is 0 Å². The van der Waals surface area contributed by atoms with Crippen LogP contribution in [0.5, 0.6) is 0 Å². The van der Waals surface area contributed by atoms with Gasteiger partial charge in [-0.1, -0.05) is 66.7 Å². The Morgan fingerprint density at radius 3 is 2.16 bits per heavy atom. The molecule has 0 saturated heterocycles. The number of para-hydroxylation sites is 2. The highest BCUT2D eigenvalue weighted by molar-refractivity contribution is 5.98. The first-order valence-electron chi connectivity index (χ1n) is 8.29. The summed E-state index contributed by atoms with van der Waals surface area (Å²) in [4.78, 5) is 4.92. The average Bonchev–Trinajstić information content (AvgIpc) is 3.06. The van der Waals surface area contributed by atoms with Crippen LogP contribution in [0, 0.1) is 0 Å². The molecular formula is C22H15N3. The fraction of sp³-hybridized carbons (Fsp3) is 0. The van der Waals surface area contributed by atoms with E-state index in [4.69, 9.17) is 10.1 Å². The number of pyridine rings is 1. The number of hydrogen-bond acceptors (Lipinski definition) is 2. The molecule has 0 amide bonds. The Hall–Kier alpha value is -3.46. The number of nitrogens with zero attached hydrogens (tertiary/aromatic N) is 3.